The van der Waals surface area contributed by atoms with Gasteiger partial charge in [-0.25, -0.2) is 4.98 Å². The van der Waals surface area contributed by atoms with Gasteiger partial charge in [0.15, 0.2) is 11.7 Å². The van der Waals surface area contributed by atoms with Crippen molar-refractivity contribution in [1.29, 1.82) is 0 Å². The third-order valence-corrected chi connectivity index (χ3v) is 2.88. The van der Waals surface area contributed by atoms with E-state index in [0.29, 0.717) is 5.92 Å². The lowest BCUT2D eigenvalue weighted by Crippen LogP contribution is -2.37. The Labute approximate surface area is 88.6 Å². The first kappa shape index (κ1) is 9.12. The molecule has 2 aliphatic rings. The van der Waals surface area contributed by atoms with E-state index in [2.05, 4.69) is 16.4 Å². The summed E-state index contributed by atoms with van der Waals surface area (Å²) >= 11 is 0. The Hall–Kier alpha value is -1.13. The molecule has 1 aliphatic carbocycles. The van der Waals surface area contributed by atoms with E-state index in [1.807, 2.05) is 6.20 Å². The van der Waals surface area contributed by atoms with Gasteiger partial charge in [-0.15, -0.1) is 0 Å². The van der Waals surface area contributed by atoms with Crippen molar-refractivity contribution >= 4 is 5.57 Å². The first-order valence-electron chi connectivity index (χ1n) is 5.46. The predicted octanol–water partition coefficient (Wildman–Crippen LogP) is 0.866. The van der Waals surface area contributed by atoms with Crippen LogP contribution in [-0.4, -0.2) is 24.1 Å². The van der Waals surface area contributed by atoms with Gasteiger partial charge in [-0.2, -0.15) is 0 Å². The number of oxazole rings is 1. The van der Waals surface area contributed by atoms with Crippen molar-refractivity contribution in [1.82, 2.24) is 10.3 Å². The molecule has 3 rings (SSSR count). The smallest absolute Gasteiger partial charge is 0.197 e. The Kier molecular flexibility index (Phi) is 2.11. The summed E-state index contributed by atoms with van der Waals surface area (Å²) in [6.45, 7) is 1.67. The van der Waals surface area contributed by atoms with Crippen molar-refractivity contribution in [3.8, 4) is 0 Å². The number of nitrogens with zero attached hydrogens (tertiary/aromatic N) is 1. The Balaban J connectivity index is 1.84. The van der Waals surface area contributed by atoms with Crippen LogP contribution in [-0.2, 0) is 0 Å². The van der Waals surface area contributed by atoms with E-state index in [-0.39, 0.29) is 6.04 Å². The summed E-state index contributed by atoms with van der Waals surface area (Å²) < 4.78 is 5.72. The maximum atomic E-state index is 5.84. The number of hydrogen-bond acceptors (Lipinski definition) is 4. The second-order valence-corrected chi connectivity index (χ2v) is 4.32. The molecule has 4 heteroatoms. The van der Waals surface area contributed by atoms with Gasteiger partial charge in [0.2, 0.25) is 0 Å². The number of nitrogens with one attached hydrogen (secondary N) is 1. The quantitative estimate of drug-likeness (QED) is 0.751. The van der Waals surface area contributed by atoms with E-state index in [1.165, 1.54) is 12.8 Å². The largest absolute Gasteiger partial charge is 0.441 e. The maximum absolute atomic E-state index is 5.84. The molecular weight excluding hydrogens is 190 g/mol. The van der Waals surface area contributed by atoms with Crippen LogP contribution in [0.25, 0.3) is 5.57 Å². The van der Waals surface area contributed by atoms with Crippen molar-refractivity contribution in [3.63, 3.8) is 0 Å². The summed E-state index contributed by atoms with van der Waals surface area (Å²) in [5.41, 5.74) is 6.97. The van der Waals surface area contributed by atoms with E-state index in [9.17, 15) is 0 Å². The van der Waals surface area contributed by atoms with Crippen LogP contribution < -0.4 is 11.1 Å². The van der Waals surface area contributed by atoms with Crippen LogP contribution in [0.2, 0.25) is 0 Å². The maximum Gasteiger partial charge on any atom is 0.197 e. The molecule has 0 radical (unpaired) electrons. The molecule has 0 amide bonds. The van der Waals surface area contributed by atoms with Crippen molar-refractivity contribution in [2.45, 2.75) is 24.8 Å². The molecule has 1 saturated carbocycles. The highest BCUT2D eigenvalue weighted by molar-refractivity contribution is 5.64. The average molecular weight is 205 g/mol. The normalized spacial score (nSPS) is 26.5. The third-order valence-electron chi connectivity index (χ3n) is 2.88. The summed E-state index contributed by atoms with van der Waals surface area (Å²) in [5, 5.41) is 3.26. The van der Waals surface area contributed by atoms with Crippen molar-refractivity contribution in [3.05, 3.63) is 23.9 Å². The van der Waals surface area contributed by atoms with Gasteiger partial charge in [0.25, 0.3) is 0 Å². The molecule has 4 nitrogen and oxygen atoms in total. The number of aromatic nitrogens is 1. The molecule has 1 fully saturated rings. The fraction of sp³-hybridized carbons (Fsp3) is 0.545. The summed E-state index contributed by atoms with van der Waals surface area (Å²) in [6.07, 6.45) is 6.32. The van der Waals surface area contributed by atoms with Gasteiger partial charge in [-0.05, 0) is 12.8 Å². The molecule has 2 heterocycles. The van der Waals surface area contributed by atoms with Gasteiger partial charge in [-0.1, -0.05) is 6.08 Å². The van der Waals surface area contributed by atoms with E-state index in [0.717, 1.165) is 30.3 Å². The van der Waals surface area contributed by atoms with Crippen molar-refractivity contribution in [2.24, 2.45) is 5.73 Å². The number of rotatable bonds is 2. The van der Waals surface area contributed by atoms with E-state index in [4.69, 9.17) is 10.2 Å². The highest BCUT2D eigenvalue weighted by atomic mass is 16.4. The minimum atomic E-state index is 0.0863. The molecule has 1 unspecified atom stereocenters. The van der Waals surface area contributed by atoms with Gasteiger partial charge in [-0.3, -0.25) is 0 Å². The standard InChI is InChI=1S/C11H15N3O/c12-9-3-8(4-13-5-9)10-6-14-11(15-10)7-1-2-7/h3,6-7,9,13H,1-2,4-5,12H2. The van der Waals surface area contributed by atoms with Crippen LogP contribution >= 0.6 is 0 Å². The molecule has 3 N–H and O–H groups in total. The van der Waals surface area contributed by atoms with Crippen molar-refractivity contribution in [2.75, 3.05) is 13.1 Å². The molecule has 1 atom stereocenters. The van der Waals surface area contributed by atoms with Gasteiger partial charge < -0.3 is 15.5 Å². The predicted molar refractivity (Wildman–Crippen MR) is 57.3 cm³/mol. The van der Waals surface area contributed by atoms with Crippen LogP contribution in [0.4, 0.5) is 0 Å². The Morgan fingerprint density at radius 3 is 3.07 bits per heavy atom. The summed E-state index contributed by atoms with van der Waals surface area (Å²) in [4.78, 5) is 4.30. The van der Waals surface area contributed by atoms with Crippen LogP contribution in [0.1, 0.15) is 30.4 Å². The zero-order valence-corrected chi connectivity index (χ0v) is 8.57. The second kappa shape index (κ2) is 3.47. The molecule has 0 bridgehead atoms. The minimum Gasteiger partial charge on any atom is -0.441 e. The molecule has 1 aliphatic heterocycles. The minimum absolute atomic E-state index is 0.0863. The van der Waals surface area contributed by atoms with Gasteiger partial charge in [0.1, 0.15) is 0 Å². The fourth-order valence-corrected chi connectivity index (χ4v) is 1.87. The number of nitrogens with two attached hydrogens (primary N) is 1. The molecule has 0 aromatic carbocycles. The molecule has 80 valence electrons. The van der Waals surface area contributed by atoms with E-state index >= 15 is 0 Å². The van der Waals surface area contributed by atoms with E-state index < -0.39 is 0 Å². The SMILES string of the molecule is NC1C=C(c2cnc(C3CC3)o2)CNC1. The second-order valence-electron chi connectivity index (χ2n) is 4.32. The molecular formula is C11H15N3O. The molecule has 0 saturated heterocycles. The van der Waals surface area contributed by atoms with Crippen molar-refractivity contribution < 1.29 is 4.42 Å². The van der Waals surface area contributed by atoms with Crippen LogP contribution in [0.15, 0.2) is 16.7 Å². The molecule has 1 aromatic heterocycles. The van der Waals surface area contributed by atoms with E-state index in [1.54, 1.807) is 0 Å². The highest BCUT2D eigenvalue weighted by Gasteiger charge is 2.29. The Bertz CT molecular complexity index is 392. The number of hydrogen-bond donors (Lipinski definition) is 2. The molecule has 15 heavy (non-hydrogen) atoms. The first-order chi connectivity index (χ1) is 7.33. The first-order valence-corrected chi connectivity index (χ1v) is 5.46. The lowest BCUT2D eigenvalue weighted by molar-refractivity contribution is 0.483. The zero-order valence-electron chi connectivity index (χ0n) is 8.57. The summed E-state index contributed by atoms with van der Waals surface area (Å²) in [7, 11) is 0. The van der Waals surface area contributed by atoms with Gasteiger partial charge in [0.05, 0.1) is 6.20 Å². The van der Waals surface area contributed by atoms with Crippen LogP contribution in [0.5, 0.6) is 0 Å². The molecule has 1 aromatic rings. The van der Waals surface area contributed by atoms with Crippen LogP contribution in [0.3, 0.4) is 0 Å². The lowest BCUT2D eigenvalue weighted by Gasteiger charge is -2.17. The van der Waals surface area contributed by atoms with Gasteiger partial charge >= 0.3 is 0 Å². The lowest BCUT2D eigenvalue weighted by atomic mass is 10.1. The highest BCUT2D eigenvalue weighted by Crippen LogP contribution is 2.40. The third kappa shape index (κ3) is 1.82. The summed E-state index contributed by atoms with van der Waals surface area (Å²) in [6, 6.07) is 0.0863. The monoisotopic (exact) mass is 205 g/mol. The van der Waals surface area contributed by atoms with Gasteiger partial charge in [0, 0.05) is 30.6 Å². The Morgan fingerprint density at radius 2 is 2.33 bits per heavy atom. The molecule has 0 spiro atoms. The Morgan fingerprint density at radius 1 is 1.47 bits per heavy atom. The average Bonchev–Trinajstić information content (AvgIpc) is 2.97. The zero-order chi connectivity index (χ0) is 10.3. The summed E-state index contributed by atoms with van der Waals surface area (Å²) in [5.74, 6) is 2.34. The van der Waals surface area contributed by atoms with Crippen LogP contribution in [0, 0.1) is 0 Å². The fourth-order valence-electron chi connectivity index (χ4n) is 1.87. The topological polar surface area (TPSA) is 64.1 Å².